The second-order valence-corrected chi connectivity index (χ2v) is 6.97. The highest BCUT2D eigenvalue weighted by Gasteiger charge is 2.14. The van der Waals surface area contributed by atoms with Crippen LogP contribution in [0.5, 0.6) is 0 Å². The Bertz CT molecular complexity index is 585. The summed E-state index contributed by atoms with van der Waals surface area (Å²) in [7, 11) is 0. The van der Waals surface area contributed by atoms with E-state index in [9.17, 15) is 0 Å². The van der Waals surface area contributed by atoms with Crippen LogP contribution < -0.4 is 5.32 Å². The molecule has 110 valence electrons. The highest BCUT2D eigenvalue weighted by Crippen LogP contribution is 2.27. The normalized spacial score (nSPS) is 18.6. The van der Waals surface area contributed by atoms with E-state index < -0.39 is 0 Å². The molecule has 0 spiro atoms. The van der Waals surface area contributed by atoms with E-state index in [0.717, 1.165) is 35.6 Å². The van der Waals surface area contributed by atoms with Crippen molar-refractivity contribution in [3.05, 3.63) is 52.6 Å². The van der Waals surface area contributed by atoms with Gasteiger partial charge in [-0.25, -0.2) is 4.98 Å². The summed E-state index contributed by atoms with van der Waals surface area (Å²) in [6, 6.07) is 12.7. The number of nitrogens with zero attached hydrogens (tertiary/aromatic N) is 1. The van der Waals surface area contributed by atoms with Crippen molar-refractivity contribution in [2.75, 3.05) is 19.7 Å². The Morgan fingerprint density at radius 2 is 2.29 bits per heavy atom. The van der Waals surface area contributed by atoms with Crippen LogP contribution in [0.2, 0.25) is 0 Å². The molecular formula is C16H17BrN2OS. The zero-order valence-corrected chi connectivity index (χ0v) is 14.0. The van der Waals surface area contributed by atoms with Crippen molar-refractivity contribution in [2.24, 2.45) is 0 Å². The fraction of sp³-hybridized carbons (Fsp3) is 0.312. The van der Waals surface area contributed by atoms with Gasteiger partial charge in [-0.1, -0.05) is 23.9 Å². The Kier molecular flexibility index (Phi) is 5.30. The Balaban J connectivity index is 1.66. The Hall–Kier alpha value is -0.880. The summed E-state index contributed by atoms with van der Waals surface area (Å²) in [6.45, 7) is 2.70. The summed E-state index contributed by atoms with van der Waals surface area (Å²) in [5.74, 6) is 0. The first-order chi connectivity index (χ1) is 10.3. The highest BCUT2D eigenvalue weighted by molar-refractivity contribution is 9.10. The summed E-state index contributed by atoms with van der Waals surface area (Å²) < 4.78 is 6.77. The molecule has 1 aliphatic rings. The number of morpholine rings is 1. The van der Waals surface area contributed by atoms with Crippen molar-refractivity contribution in [3.8, 4) is 0 Å². The van der Waals surface area contributed by atoms with Gasteiger partial charge in [-0.15, -0.1) is 0 Å². The molecule has 2 aromatic rings. The van der Waals surface area contributed by atoms with E-state index in [1.54, 1.807) is 11.8 Å². The number of hydrogen-bond acceptors (Lipinski definition) is 4. The summed E-state index contributed by atoms with van der Waals surface area (Å²) in [5, 5.41) is 4.38. The molecule has 1 atom stereocenters. The van der Waals surface area contributed by atoms with Gasteiger partial charge in [-0.3, -0.25) is 0 Å². The average Bonchev–Trinajstić information content (AvgIpc) is 2.51. The molecule has 1 aromatic heterocycles. The van der Waals surface area contributed by atoms with Crippen LogP contribution in [0.25, 0.3) is 0 Å². The molecule has 1 fully saturated rings. The number of nitrogens with one attached hydrogen (secondary N) is 1. The van der Waals surface area contributed by atoms with Crippen LogP contribution in [0, 0.1) is 0 Å². The predicted molar refractivity (Wildman–Crippen MR) is 88.8 cm³/mol. The largest absolute Gasteiger partial charge is 0.375 e. The Morgan fingerprint density at radius 1 is 1.33 bits per heavy atom. The van der Waals surface area contributed by atoms with Gasteiger partial charge in [-0.2, -0.15) is 0 Å². The van der Waals surface area contributed by atoms with Crippen molar-refractivity contribution in [1.29, 1.82) is 0 Å². The van der Waals surface area contributed by atoms with Crippen LogP contribution in [0.4, 0.5) is 0 Å². The number of ether oxygens (including phenoxy) is 1. The maximum absolute atomic E-state index is 5.77. The first kappa shape index (κ1) is 15.0. The lowest BCUT2D eigenvalue weighted by molar-refractivity contribution is 0.0292. The summed E-state index contributed by atoms with van der Waals surface area (Å²) in [5.41, 5.74) is 1.31. The molecule has 3 rings (SSSR count). The number of benzene rings is 1. The molecule has 0 amide bonds. The lowest BCUT2D eigenvalue weighted by Gasteiger charge is -2.23. The quantitative estimate of drug-likeness (QED) is 0.899. The van der Waals surface area contributed by atoms with E-state index in [-0.39, 0.29) is 6.10 Å². The van der Waals surface area contributed by atoms with E-state index in [4.69, 9.17) is 4.74 Å². The van der Waals surface area contributed by atoms with Gasteiger partial charge >= 0.3 is 0 Å². The topological polar surface area (TPSA) is 34.1 Å². The molecule has 0 bridgehead atoms. The van der Waals surface area contributed by atoms with Crippen LogP contribution in [-0.2, 0) is 11.2 Å². The van der Waals surface area contributed by atoms with Crippen molar-refractivity contribution in [2.45, 2.75) is 22.4 Å². The van der Waals surface area contributed by atoms with E-state index in [2.05, 4.69) is 50.5 Å². The molecule has 2 heterocycles. The zero-order chi connectivity index (χ0) is 14.5. The monoisotopic (exact) mass is 364 g/mol. The van der Waals surface area contributed by atoms with E-state index in [0.29, 0.717) is 0 Å². The van der Waals surface area contributed by atoms with Crippen LogP contribution in [-0.4, -0.2) is 30.8 Å². The SMILES string of the molecule is Brc1ccc(Sc2cccc(C[C@H]3CNCCO3)c2)nc1. The van der Waals surface area contributed by atoms with E-state index >= 15 is 0 Å². The van der Waals surface area contributed by atoms with Gasteiger partial charge in [0.05, 0.1) is 12.7 Å². The van der Waals surface area contributed by atoms with Crippen molar-refractivity contribution >= 4 is 27.7 Å². The maximum atomic E-state index is 5.77. The van der Waals surface area contributed by atoms with Gasteiger partial charge in [0.25, 0.3) is 0 Å². The third-order valence-corrected chi connectivity index (χ3v) is 4.70. The fourth-order valence-corrected chi connectivity index (χ4v) is 3.37. The molecule has 5 heteroatoms. The Labute approximate surface area is 137 Å². The standard InChI is InChI=1S/C16H17BrN2OS/c17-13-4-5-16(19-10-13)21-15-3-1-2-12(9-15)8-14-11-18-6-7-20-14/h1-5,9-10,14,18H,6-8,11H2/t14-/m0/s1. The maximum Gasteiger partial charge on any atom is 0.101 e. The van der Waals surface area contributed by atoms with Gasteiger partial charge in [0.15, 0.2) is 0 Å². The summed E-state index contributed by atoms with van der Waals surface area (Å²) in [4.78, 5) is 5.61. The minimum atomic E-state index is 0.282. The number of rotatable bonds is 4. The van der Waals surface area contributed by atoms with E-state index in [1.165, 1.54) is 10.5 Å². The number of pyridine rings is 1. The molecule has 0 unspecified atom stereocenters. The number of halogens is 1. The molecule has 0 saturated carbocycles. The fourth-order valence-electron chi connectivity index (χ4n) is 2.29. The second kappa shape index (κ2) is 7.40. The second-order valence-electron chi connectivity index (χ2n) is 4.97. The third-order valence-electron chi connectivity index (χ3n) is 3.29. The van der Waals surface area contributed by atoms with Gasteiger partial charge in [0.1, 0.15) is 5.03 Å². The lowest BCUT2D eigenvalue weighted by Crippen LogP contribution is -2.39. The van der Waals surface area contributed by atoms with Gasteiger partial charge < -0.3 is 10.1 Å². The van der Waals surface area contributed by atoms with Crippen LogP contribution in [0.15, 0.2) is 57.0 Å². The van der Waals surface area contributed by atoms with Crippen LogP contribution in [0.1, 0.15) is 5.56 Å². The highest BCUT2D eigenvalue weighted by atomic mass is 79.9. The molecular weight excluding hydrogens is 348 g/mol. The molecule has 0 aliphatic carbocycles. The van der Waals surface area contributed by atoms with Crippen molar-refractivity contribution in [1.82, 2.24) is 10.3 Å². The molecule has 1 saturated heterocycles. The minimum absolute atomic E-state index is 0.282. The summed E-state index contributed by atoms with van der Waals surface area (Å²) >= 11 is 5.09. The molecule has 0 radical (unpaired) electrons. The van der Waals surface area contributed by atoms with Crippen LogP contribution in [0.3, 0.4) is 0 Å². The van der Waals surface area contributed by atoms with Gasteiger partial charge in [0.2, 0.25) is 0 Å². The molecule has 1 N–H and O–H groups in total. The Morgan fingerprint density at radius 3 is 3.05 bits per heavy atom. The molecule has 1 aromatic carbocycles. The molecule has 3 nitrogen and oxygen atoms in total. The number of hydrogen-bond donors (Lipinski definition) is 1. The van der Waals surface area contributed by atoms with E-state index in [1.807, 2.05) is 18.3 Å². The van der Waals surface area contributed by atoms with Gasteiger partial charge in [0, 0.05) is 28.7 Å². The third kappa shape index (κ3) is 4.54. The number of aromatic nitrogens is 1. The van der Waals surface area contributed by atoms with Crippen molar-refractivity contribution < 1.29 is 4.74 Å². The smallest absolute Gasteiger partial charge is 0.101 e. The van der Waals surface area contributed by atoms with Crippen LogP contribution >= 0.6 is 27.7 Å². The first-order valence-corrected chi connectivity index (χ1v) is 8.61. The van der Waals surface area contributed by atoms with Crippen molar-refractivity contribution in [3.63, 3.8) is 0 Å². The predicted octanol–water partition coefficient (Wildman–Crippen LogP) is 3.53. The average molecular weight is 365 g/mol. The molecule has 1 aliphatic heterocycles. The lowest BCUT2D eigenvalue weighted by atomic mass is 10.1. The van der Waals surface area contributed by atoms with Gasteiger partial charge in [-0.05, 0) is 52.2 Å². The zero-order valence-electron chi connectivity index (χ0n) is 11.6. The molecule has 21 heavy (non-hydrogen) atoms. The summed E-state index contributed by atoms with van der Waals surface area (Å²) in [6.07, 6.45) is 3.06. The first-order valence-electron chi connectivity index (χ1n) is 7.00. The minimum Gasteiger partial charge on any atom is -0.375 e.